The van der Waals surface area contributed by atoms with Crippen molar-refractivity contribution in [1.82, 2.24) is 5.32 Å². The Morgan fingerprint density at radius 3 is 2.12 bits per heavy atom. The maximum absolute atomic E-state index is 3.65. The Morgan fingerprint density at radius 2 is 1.56 bits per heavy atom. The average molecular weight is 225 g/mol. The zero-order valence-electron chi connectivity index (χ0n) is 11.8. The van der Waals surface area contributed by atoms with Gasteiger partial charge in [-0.2, -0.15) is 0 Å². The number of hydrogen-bond donors (Lipinski definition) is 1. The predicted octanol–water partition coefficient (Wildman–Crippen LogP) is 4.23. The summed E-state index contributed by atoms with van der Waals surface area (Å²) < 4.78 is 0. The van der Waals surface area contributed by atoms with Gasteiger partial charge in [-0.1, -0.05) is 53.4 Å². The fourth-order valence-electron chi connectivity index (χ4n) is 3.03. The first-order chi connectivity index (χ1) is 7.59. The molecule has 1 aliphatic rings. The number of nitrogens with one attached hydrogen (secondary N) is 1. The van der Waals surface area contributed by atoms with E-state index in [0.29, 0.717) is 6.04 Å². The van der Waals surface area contributed by atoms with Gasteiger partial charge in [-0.15, -0.1) is 0 Å². The molecule has 2 unspecified atom stereocenters. The van der Waals surface area contributed by atoms with Crippen LogP contribution in [0.15, 0.2) is 0 Å². The van der Waals surface area contributed by atoms with Crippen molar-refractivity contribution < 1.29 is 0 Å². The third-order valence-electron chi connectivity index (χ3n) is 3.88. The van der Waals surface area contributed by atoms with Crippen molar-refractivity contribution in [3.8, 4) is 0 Å². The van der Waals surface area contributed by atoms with Crippen molar-refractivity contribution in [1.29, 1.82) is 0 Å². The Hall–Kier alpha value is -0.0400. The topological polar surface area (TPSA) is 12.0 Å². The molecule has 96 valence electrons. The Kier molecular flexibility index (Phi) is 6.41. The lowest BCUT2D eigenvalue weighted by atomic mass is 9.82. The standard InChI is InChI=1S/C15H31N/c1-12(2)10-14-8-6-5-7-9-15(14)11-16-13(3)4/h12-16H,5-11H2,1-4H3. The molecule has 16 heavy (non-hydrogen) atoms. The molecule has 0 aromatic heterocycles. The second-order valence-corrected chi connectivity index (χ2v) is 6.35. The molecule has 1 saturated carbocycles. The van der Waals surface area contributed by atoms with Gasteiger partial charge in [0.05, 0.1) is 0 Å². The Morgan fingerprint density at radius 1 is 0.938 bits per heavy atom. The van der Waals surface area contributed by atoms with E-state index >= 15 is 0 Å². The van der Waals surface area contributed by atoms with Gasteiger partial charge in [0.25, 0.3) is 0 Å². The molecule has 0 aliphatic heterocycles. The summed E-state index contributed by atoms with van der Waals surface area (Å²) in [7, 11) is 0. The summed E-state index contributed by atoms with van der Waals surface area (Å²) >= 11 is 0. The van der Waals surface area contributed by atoms with Gasteiger partial charge in [-0.25, -0.2) is 0 Å². The molecule has 1 aliphatic carbocycles. The molecule has 0 saturated heterocycles. The average Bonchev–Trinajstić information content (AvgIpc) is 2.39. The van der Waals surface area contributed by atoms with E-state index in [4.69, 9.17) is 0 Å². The Labute approximate surface area is 102 Å². The maximum atomic E-state index is 3.65. The van der Waals surface area contributed by atoms with Crippen LogP contribution in [-0.2, 0) is 0 Å². The van der Waals surface area contributed by atoms with E-state index in [1.54, 1.807) is 0 Å². The molecule has 1 fully saturated rings. The second-order valence-electron chi connectivity index (χ2n) is 6.35. The molecule has 0 bridgehead atoms. The lowest BCUT2D eigenvalue weighted by Crippen LogP contribution is -2.32. The summed E-state index contributed by atoms with van der Waals surface area (Å²) in [5.41, 5.74) is 0. The number of rotatable bonds is 5. The fourth-order valence-corrected chi connectivity index (χ4v) is 3.03. The highest BCUT2D eigenvalue weighted by Crippen LogP contribution is 2.32. The van der Waals surface area contributed by atoms with E-state index in [0.717, 1.165) is 17.8 Å². The third-order valence-corrected chi connectivity index (χ3v) is 3.88. The van der Waals surface area contributed by atoms with Gasteiger partial charge in [0.1, 0.15) is 0 Å². The monoisotopic (exact) mass is 225 g/mol. The first-order valence-corrected chi connectivity index (χ1v) is 7.33. The molecule has 1 rings (SSSR count). The van der Waals surface area contributed by atoms with E-state index in [1.165, 1.54) is 45.1 Å². The van der Waals surface area contributed by atoms with Crippen molar-refractivity contribution in [2.75, 3.05) is 6.54 Å². The minimum atomic E-state index is 0.642. The number of hydrogen-bond acceptors (Lipinski definition) is 1. The molecule has 0 aromatic rings. The highest BCUT2D eigenvalue weighted by atomic mass is 14.9. The van der Waals surface area contributed by atoms with Crippen LogP contribution in [0.3, 0.4) is 0 Å². The largest absolute Gasteiger partial charge is 0.314 e. The highest BCUT2D eigenvalue weighted by Gasteiger charge is 2.24. The molecule has 0 aromatic carbocycles. The quantitative estimate of drug-likeness (QED) is 0.691. The molecular weight excluding hydrogens is 194 g/mol. The fraction of sp³-hybridized carbons (Fsp3) is 1.00. The first kappa shape index (κ1) is 14.0. The summed E-state index contributed by atoms with van der Waals surface area (Å²) in [6.07, 6.45) is 8.76. The smallest absolute Gasteiger partial charge is 0.00104 e. The zero-order chi connectivity index (χ0) is 12.0. The Balaban J connectivity index is 2.44. The van der Waals surface area contributed by atoms with Crippen molar-refractivity contribution in [3.05, 3.63) is 0 Å². The molecule has 1 N–H and O–H groups in total. The van der Waals surface area contributed by atoms with Crippen molar-refractivity contribution >= 4 is 0 Å². The molecule has 0 radical (unpaired) electrons. The van der Waals surface area contributed by atoms with Crippen LogP contribution in [0.4, 0.5) is 0 Å². The van der Waals surface area contributed by atoms with Gasteiger partial charge in [0.2, 0.25) is 0 Å². The first-order valence-electron chi connectivity index (χ1n) is 7.33. The van der Waals surface area contributed by atoms with Gasteiger partial charge in [-0.3, -0.25) is 0 Å². The molecular formula is C15H31N. The minimum absolute atomic E-state index is 0.642. The molecule has 2 atom stereocenters. The van der Waals surface area contributed by atoms with Crippen LogP contribution in [0.2, 0.25) is 0 Å². The summed E-state index contributed by atoms with van der Waals surface area (Å²) in [5, 5.41) is 3.65. The van der Waals surface area contributed by atoms with Crippen molar-refractivity contribution in [2.24, 2.45) is 17.8 Å². The normalized spacial score (nSPS) is 27.4. The van der Waals surface area contributed by atoms with E-state index < -0.39 is 0 Å². The van der Waals surface area contributed by atoms with Gasteiger partial charge in [0.15, 0.2) is 0 Å². The van der Waals surface area contributed by atoms with Gasteiger partial charge < -0.3 is 5.32 Å². The van der Waals surface area contributed by atoms with Crippen LogP contribution in [-0.4, -0.2) is 12.6 Å². The van der Waals surface area contributed by atoms with Crippen LogP contribution in [0, 0.1) is 17.8 Å². The van der Waals surface area contributed by atoms with Crippen LogP contribution in [0.5, 0.6) is 0 Å². The molecule has 1 nitrogen and oxygen atoms in total. The van der Waals surface area contributed by atoms with Crippen LogP contribution >= 0.6 is 0 Å². The predicted molar refractivity (Wildman–Crippen MR) is 72.7 cm³/mol. The lowest BCUT2D eigenvalue weighted by Gasteiger charge is -2.27. The minimum Gasteiger partial charge on any atom is -0.314 e. The molecule has 0 heterocycles. The van der Waals surface area contributed by atoms with E-state index in [9.17, 15) is 0 Å². The van der Waals surface area contributed by atoms with Crippen molar-refractivity contribution in [2.45, 2.75) is 72.3 Å². The SMILES string of the molecule is CC(C)CC1CCCCCC1CNC(C)C. The van der Waals surface area contributed by atoms with Gasteiger partial charge >= 0.3 is 0 Å². The molecule has 1 heteroatoms. The summed E-state index contributed by atoms with van der Waals surface area (Å²) in [6.45, 7) is 10.5. The highest BCUT2D eigenvalue weighted by molar-refractivity contribution is 4.77. The van der Waals surface area contributed by atoms with Gasteiger partial charge in [0, 0.05) is 6.04 Å². The molecule has 0 spiro atoms. The second kappa shape index (κ2) is 7.32. The van der Waals surface area contributed by atoms with Crippen LogP contribution in [0.1, 0.15) is 66.2 Å². The van der Waals surface area contributed by atoms with E-state index in [-0.39, 0.29) is 0 Å². The summed E-state index contributed by atoms with van der Waals surface area (Å²) in [4.78, 5) is 0. The van der Waals surface area contributed by atoms with Crippen LogP contribution in [0.25, 0.3) is 0 Å². The Bertz CT molecular complexity index is 174. The van der Waals surface area contributed by atoms with Gasteiger partial charge in [-0.05, 0) is 37.1 Å². The van der Waals surface area contributed by atoms with Crippen molar-refractivity contribution in [3.63, 3.8) is 0 Å². The lowest BCUT2D eigenvalue weighted by molar-refractivity contribution is 0.252. The summed E-state index contributed by atoms with van der Waals surface area (Å²) in [6, 6.07) is 0.642. The van der Waals surface area contributed by atoms with Crippen LogP contribution < -0.4 is 5.32 Å². The third kappa shape index (κ3) is 5.34. The van der Waals surface area contributed by atoms with E-state index in [1.807, 2.05) is 0 Å². The zero-order valence-corrected chi connectivity index (χ0v) is 11.8. The summed E-state index contributed by atoms with van der Waals surface area (Å²) in [5.74, 6) is 2.78. The van der Waals surface area contributed by atoms with E-state index in [2.05, 4.69) is 33.0 Å². The maximum Gasteiger partial charge on any atom is 0.00104 e. The molecule has 0 amide bonds.